The van der Waals surface area contributed by atoms with Gasteiger partial charge >= 0.3 is 0 Å². The Kier molecular flexibility index (Phi) is 4.26. The third-order valence-corrected chi connectivity index (χ3v) is 2.95. The normalized spacial score (nSPS) is 10.6. The molecule has 2 aromatic heterocycles. The largest absolute Gasteiger partial charge is 0.354 e. The topological polar surface area (TPSA) is 94.3 Å². The van der Waals surface area contributed by atoms with Gasteiger partial charge in [0.2, 0.25) is 21.5 Å². The van der Waals surface area contributed by atoms with Gasteiger partial charge in [0, 0.05) is 13.6 Å². The van der Waals surface area contributed by atoms with Gasteiger partial charge in [-0.05, 0) is 40.2 Å². The lowest BCUT2D eigenvalue weighted by Gasteiger charge is -2.04. The molecule has 0 aliphatic rings. The zero-order chi connectivity index (χ0) is 13.0. The molecule has 0 aliphatic heterocycles. The first-order chi connectivity index (χ1) is 8.69. The zero-order valence-corrected chi connectivity index (χ0v) is 11.4. The van der Waals surface area contributed by atoms with Crippen molar-refractivity contribution >= 4 is 29.3 Å². The molecule has 0 saturated carbocycles. The van der Waals surface area contributed by atoms with Gasteiger partial charge in [-0.2, -0.15) is 15.0 Å². The van der Waals surface area contributed by atoms with Crippen molar-refractivity contribution in [2.24, 2.45) is 7.05 Å². The second kappa shape index (κ2) is 5.91. The Morgan fingerprint density at radius 1 is 1.33 bits per heavy atom. The molecule has 2 heterocycles. The molecule has 96 valence electrons. The van der Waals surface area contributed by atoms with Gasteiger partial charge in [-0.3, -0.25) is 0 Å². The Labute approximate surface area is 113 Å². The smallest absolute Gasteiger partial charge is 0.228 e. The maximum Gasteiger partial charge on any atom is 0.228 e. The lowest BCUT2D eigenvalue weighted by Crippen LogP contribution is -2.06. The molecule has 8 nitrogen and oxygen atoms in total. The van der Waals surface area contributed by atoms with Crippen LogP contribution in [-0.4, -0.2) is 41.7 Å². The van der Waals surface area contributed by atoms with E-state index in [1.54, 1.807) is 7.05 Å². The predicted molar refractivity (Wildman–Crippen MR) is 66.5 cm³/mol. The number of hydrogen-bond acceptors (Lipinski definition) is 8. The lowest BCUT2D eigenvalue weighted by atomic mass is 10.5. The monoisotopic (exact) mass is 286 g/mol. The van der Waals surface area contributed by atoms with E-state index in [1.807, 2.05) is 0 Å². The standard InChI is InChI=1S/C8H11ClN8S/c1-3-4-10-6-11-5(9)12-7(13-6)18-8-14-15-16-17(8)2/h3-4H2,1-2H3,(H,10,11,12,13). The second-order valence-electron chi connectivity index (χ2n) is 3.32. The Morgan fingerprint density at radius 3 is 2.83 bits per heavy atom. The number of hydrogen-bond donors (Lipinski definition) is 1. The minimum absolute atomic E-state index is 0.140. The summed E-state index contributed by atoms with van der Waals surface area (Å²) in [6, 6.07) is 0. The molecule has 0 aromatic carbocycles. The van der Waals surface area contributed by atoms with Crippen molar-refractivity contribution in [1.29, 1.82) is 0 Å². The quantitative estimate of drug-likeness (QED) is 0.870. The van der Waals surface area contributed by atoms with Crippen molar-refractivity contribution in [2.75, 3.05) is 11.9 Å². The number of aromatic nitrogens is 7. The van der Waals surface area contributed by atoms with Crippen LogP contribution in [0.4, 0.5) is 5.95 Å². The molecule has 0 bridgehead atoms. The molecule has 18 heavy (non-hydrogen) atoms. The SMILES string of the molecule is CCCNc1nc(Cl)nc(Sc2nnnn2C)n1. The van der Waals surface area contributed by atoms with Crippen LogP contribution in [0.25, 0.3) is 0 Å². The van der Waals surface area contributed by atoms with E-state index >= 15 is 0 Å². The third-order valence-electron chi connectivity index (χ3n) is 1.88. The summed E-state index contributed by atoms with van der Waals surface area (Å²) in [5, 5.41) is 15.3. The number of halogens is 1. The van der Waals surface area contributed by atoms with Crippen LogP contribution >= 0.6 is 23.4 Å². The minimum Gasteiger partial charge on any atom is -0.354 e. The zero-order valence-electron chi connectivity index (χ0n) is 9.83. The van der Waals surface area contributed by atoms with Crippen molar-refractivity contribution < 1.29 is 0 Å². The van der Waals surface area contributed by atoms with Crippen LogP contribution in [0.2, 0.25) is 5.28 Å². The van der Waals surface area contributed by atoms with Crippen molar-refractivity contribution in [2.45, 2.75) is 23.7 Å². The third kappa shape index (κ3) is 3.26. The second-order valence-corrected chi connectivity index (χ2v) is 4.60. The number of rotatable bonds is 5. The van der Waals surface area contributed by atoms with Gasteiger partial charge in [0.1, 0.15) is 0 Å². The highest BCUT2D eigenvalue weighted by atomic mass is 35.5. The highest BCUT2D eigenvalue weighted by Crippen LogP contribution is 2.22. The predicted octanol–water partition coefficient (Wildman–Crippen LogP) is 1.02. The van der Waals surface area contributed by atoms with Gasteiger partial charge < -0.3 is 5.32 Å². The van der Waals surface area contributed by atoms with E-state index in [0.717, 1.165) is 13.0 Å². The molecule has 0 saturated heterocycles. The summed E-state index contributed by atoms with van der Waals surface area (Å²) < 4.78 is 1.53. The van der Waals surface area contributed by atoms with Gasteiger partial charge in [-0.15, -0.1) is 5.10 Å². The van der Waals surface area contributed by atoms with Crippen LogP contribution in [0.5, 0.6) is 0 Å². The van der Waals surface area contributed by atoms with E-state index in [1.165, 1.54) is 16.4 Å². The molecule has 0 spiro atoms. The maximum absolute atomic E-state index is 5.83. The molecule has 0 fully saturated rings. The summed E-state index contributed by atoms with van der Waals surface area (Å²) in [7, 11) is 1.74. The van der Waals surface area contributed by atoms with Gasteiger partial charge in [-0.1, -0.05) is 6.92 Å². The molecule has 0 aliphatic carbocycles. The van der Waals surface area contributed by atoms with Crippen LogP contribution in [0.3, 0.4) is 0 Å². The first-order valence-corrected chi connectivity index (χ1v) is 6.44. The number of aryl methyl sites for hydroxylation is 1. The van der Waals surface area contributed by atoms with Crippen LogP contribution in [-0.2, 0) is 7.05 Å². The maximum atomic E-state index is 5.83. The van der Waals surface area contributed by atoms with E-state index in [0.29, 0.717) is 16.3 Å². The average molecular weight is 287 g/mol. The van der Waals surface area contributed by atoms with Crippen LogP contribution in [0, 0.1) is 0 Å². The fourth-order valence-corrected chi connectivity index (χ4v) is 1.97. The lowest BCUT2D eigenvalue weighted by molar-refractivity contribution is 0.663. The summed E-state index contributed by atoms with van der Waals surface area (Å²) >= 11 is 7.06. The van der Waals surface area contributed by atoms with Gasteiger partial charge in [-0.25, -0.2) is 4.68 Å². The van der Waals surface area contributed by atoms with Crippen molar-refractivity contribution in [3.63, 3.8) is 0 Å². The van der Waals surface area contributed by atoms with Gasteiger partial charge in [0.15, 0.2) is 0 Å². The Bertz CT molecular complexity index is 530. The van der Waals surface area contributed by atoms with Crippen LogP contribution in [0.1, 0.15) is 13.3 Å². The number of nitrogens with zero attached hydrogens (tertiary/aromatic N) is 7. The molecule has 0 radical (unpaired) electrons. The van der Waals surface area contributed by atoms with Crippen molar-refractivity contribution in [3.8, 4) is 0 Å². The fourth-order valence-electron chi connectivity index (χ4n) is 1.08. The van der Waals surface area contributed by atoms with E-state index in [4.69, 9.17) is 11.6 Å². The highest BCUT2D eigenvalue weighted by Gasteiger charge is 2.10. The van der Waals surface area contributed by atoms with E-state index in [9.17, 15) is 0 Å². The number of anilines is 1. The fraction of sp³-hybridized carbons (Fsp3) is 0.500. The Hall–Kier alpha value is -1.48. The summed E-state index contributed by atoms with van der Waals surface area (Å²) in [6.45, 7) is 2.83. The van der Waals surface area contributed by atoms with E-state index in [2.05, 4.69) is 42.7 Å². The summed E-state index contributed by atoms with van der Waals surface area (Å²) in [4.78, 5) is 12.2. The summed E-state index contributed by atoms with van der Waals surface area (Å²) in [6.07, 6.45) is 0.971. The minimum atomic E-state index is 0.140. The molecule has 2 rings (SSSR count). The Balaban J connectivity index is 2.17. The van der Waals surface area contributed by atoms with Gasteiger partial charge in [0.05, 0.1) is 0 Å². The first kappa shape index (κ1) is 13.0. The van der Waals surface area contributed by atoms with Crippen LogP contribution in [0.15, 0.2) is 10.3 Å². The molecule has 1 N–H and O–H groups in total. The van der Waals surface area contributed by atoms with E-state index < -0.39 is 0 Å². The van der Waals surface area contributed by atoms with Crippen LogP contribution < -0.4 is 5.32 Å². The molecule has 10 heteroatoms. The molecular weight excluding hydrogens is 276 g/mol. The Morgan fingerprint density at radius 2 is 2.17 bits per heavy atom. The van der Waals surface area contributed by atoms with Crippen molar-refractivity contribution in [1.82, 2.24) is 35.2 Å². The summed E-state index contributed by atoms with van der Waals surface area (Å²) in [5.41, 5.74) is 0. The average Bonchev–Trinajstić information content (AvgIpc) is 2.72. The first-order valence-electron chi connectivity index (χ1n) is 5.24. The number of tetrazole rings is 1. The molecule has 2 aromatic rings. The molecular formula is C8H11ClN8S. The highest BCUT2D eigenvalue weighted by molar-refractivity contribution is 7.99. The molecule has 0 amide bonds. The van der Waals surface area contributed by atoms with Gasteiger partial charge in [0.25, 0.3) is 0 Å². The summed E-state index contributed by atoms with van der Waals surface area (Å²) in [5.74, 6) is 0.453. The molecule has 0 unspecified atom stereocenters. The van der Waals surface area contributed by atoms with Crippen molar-refractivity contribution in [3.05, 3.63) is 5.28 Å². The van der Waals surface area contributed by atoms with E-state index in [-0.39, 0.29) is 5.28 Å². The number of nitrogens with one attached hydrogen (secondary N) is 1. The molecule has 0 atom stereocenters.